The monoisotopic (exact) mass is 446 g/mol. The summed E-state index contributed by atoms with van der Waals surface area (Å²) in [7, 11) is 0. The van der Waals surface area contributed by atoms with Gasteiger partial charge in [-0.15, -0.1) is 0 Å². The molecule has 5 rings (SSSR count). The average Bonchev–Trinajstić information content (AvgIpc) is 2.84. The van der Waals surface area contributed by atoms with Crippen molar-refractivity contribution in [3.63, 3.8) is 0 Å². The van der Waals surface area contributed by atoms with E-state index in [2.05, 4.69) is 25.4 Å². The lowest BCUT2D eigenvalue weighted by Crippen LogP contribution is -2.68. The van der Waals surface area contributed by atoms with Crippen LogP contribution < -0.4 is 15.8 Å². The van der Waals surface area contributed by atoms with Crippen molar-refractivity contribution >= 4 is 28.4 Å². The fourth-order valence-electron chi connectivity index (χ4n) is 5.14. The molecule has 0 unspecified atom stereocenters. The minimum Gasteiger partial charge on any atom is -0.342 e. The number of amides is 2. The van der Waals surface area contributed by atoms with Crippen LogP contribution in [0.25, 0.3) is 10.8 Å². The molecular formula is C24H26N6O3. The molecule has 2 N–H and O–H groups in total. The second-order valence-electron chi connectivity index (χ2n) is 8.64. The summed E-state index contributed by atoms with van der Waals surface area (Å²) in [5.41, 5.74) is 0.314. The summed E-state index contributed by atoms with van der Waals surface area (Å²) < 4.78 is 0. The van der Waals surface area contributed by atoms with Gasteiger partial charge >= 0.3 is 0 Å². The van der Waals surface area contributed by atoms with Gasteiger partial charge in [-0.05, 0) is 32.0 Å². The number of aromatic amines is 1. The number of hydrogen-bond donors (Lipinski definition) is 2. The molecule has 1 spiro atoms. The molecule has 9 nitrogen and oxygen atoms in total. The topological polar surface area (TPSA) is 111 Å². The molecule has 1 aromatic carbocycles. The molecule has 33 heavy (non-hydrogen) atoms. The van der Waals surface area contributed by atoms with Gasteiger partial charge in [0, 0.05) is 44.1 Å². The summed E-state index contributed by atoms with van der Waals surface area (Å²) in [5.74, 6) is 0.0188. The molecule has 0 bridgehead atoms. The van der Waals surface area contributed by atoms with E-state index in [1.165, 1.54) is 0 Å². The van der Waals surface area contributed by atoms with Crippen molar-refractivity contribution < 1.29 is 9.59 Å². The van der Waals surface area contributed by atoms with Gasteiger partial charge in [0.25, 0.3) is 11.5 Å². The highest BCUT2D eigenvalue weighted by molar-refractivity contribution is 6.01. The molecule has 0 aliphatic carbocycles. The zero-order valence-electron chi connectivity index (χ0n) is 18.7. The van der Waals surface area contributed by atoms with Crippen molar-refractivity contribution in [3.8, 4) is 0 Å². The van der Waals surface area contributed by atoms with Gasteiger partial charge in [0.1, 0.15) is 11.5 Å². The van der Waals surface area contributed by atoms with Gasteiger partial charge in [-0.3, -0.25) is 14.4 Å². The third-order valence-corrected chi connectivity index (χ3v) is 6.87. The Morgan fingerprint density at radius 1 is 1.12 bits per heavy atom. The minimum absolute atomic E-state index is 0.0433. The Balaban J connectivity index is 1.38. The van der Waals surface area contributed by atoms with Gasteiger partial charge in [0.05, 0.1) is 22.6 Å². The van der Waals surface area contributed by atoms with Crippen molar-refractivity contribution in [1.82, 2.24) is 25.4 Å². The maximum absolute atomic E-state index is 13.4. The number of rotatable bonds is 3. The number of aromatic nitrogens is 3. The molecule has 2 amide bonds. The number of pyridine rings is 1. The highest BCUT2D eigenvalue weighted by atomic mass is 16.2. The summed E-state index contributed by atoms with van der Waals surface area (Å²) in [4.78, 5) is 46.7. The summed E-state index contributed by atoms with van der Waals surface area (Å²) >= 11 is 0. The number of carbonyl (C=O) groups is 2. The molecule has 170 valence electrons. The van der Waals surface area contributed by atoms with Crippen LogP contribution in [-0.2, 0) is 4.79 Å². The zero-order valence-corrected chi connectivity index (χ0v) is 18.7. The SMILES string of the molecule is CCN1c2ncccc2C(=O)NC12CCN(C(=O)[C@@H](C)c1n[nH]c(=O)c3ccccc13)CC2. The fourth-order valence-corrected chi connectivity index (χ4v) is 5.14. The van der Waals surface area contributed by atoms with Gasteiger partial charge in [-0.25, -0.2) is 10.1 Å². The van der Waals surface area contributed by atoms with Gasteiger partial charge in [-0.1, -0.05) is 18.2 Å². The number of likely N-dealkylation sites (tertiary alicyclic amines) is 1. The van der Waals surface area contributed by atoms with E-state index in [0.717, 1.165) is 0 Å². The van der Waals surface area contributed by atoms with Gasteiger partial charge in [-0.2, -0.15) is 5.10 Å². The van der Waals surface area contributed by atoms with Crippen LogP contribution in [0.4, 0.5) is 5.82 Å². The molecule has 1 saturated heterocycles. The lowest BCUT2D eigenvalue weighted by molar-refractivity contribution is -0.134. The third-order valence-electron chi connectivity index (χ3n) is 6.87. The van der Waals surface area contributed by atoms with Crippen LogP contribution in [0.2, 0.25) is 0 Å². The predicted octanol–water partition coefficient (Wildman–Crippen LogP) is 2.01. The number of H-pyrrole nitrogens is 1. The Kier molecular flexibility index (Phi) is 5.11. The van der Waals surface area contributed by atoms with Crippen LogP contribution in [0, 0.1) is 0 Å². The van der Waals surface area contributed by atoms with Crippen molar-refractivity contribution in [1.29, 1.82) is 0 Å². The third kappa shape index (κ3) is 3.35. The maximum atomic E-state index is 13.4. The van der Waals surface area contributed by atoms with Crippen LogP contribution in [0.15, 0.2) is 47.4 Å². The minimum atomic E-state index is -0.559. The molecular weight excluding hydrogens is 420 g/mol. The summed E-state index contributed by atoms with van der Waals surface area (Å²) in [5, 5.41) is 11.1. The van der Waals surface area contributed by atoms with Crippen LogP contribution in [0.3, 0.4) is 0 Å². The number of carbonyl (C=O) groups excluding carboxylic acids is 2. The first-order chi connectivity index (χ1) is 15.9. The maximum Gasteiger partial charge on any atom is 0.272 e. The smallest absolute Gasteiger partial charge is 0.272 e. The van der Waals surface area contributed by atoms with Gasteiger partial charge < -0.3 is 15.1 Å². The van der Waals surface area contributed by atoms with E-state index in [4.69, 9.17) is 0 Å². The summed E-state index contributed by atoms with van der Waals surface area (Å²) in [6.45, 7) is 5.57. The second-order valence-corrected chi connectivity index (χ2v) is 8.64. The molecule has 0 radical (unpaired) electrons. The number of anilines is 1. The molecule has 2 aliphatic heterocycles. The van der Waals surface area contributed by atoms with E-state index < -0.39 is 11.6 Å². The first-order valence-corrected chi connectivity index (χ1v) is 11.3. The lowest BCUT2D eigenvalue weighted by atomic mass is 9.90. The van der Waals surface area contributed by atoms with E-state index in [1.807, 2.05) is 30.9 Å². The quantitative estimate of drug-likeness (QED) is 0.637. The van der Waals surface area contributed by atoms with Crippen LogP contribution >= 0.6 is 0 Å². The first kappa shape index (κ1) is 21.1. The lowest BCUT2D eigenvalue weighted by Gasteiger charge is -2.52. The van der Waals surface area contributed by atoms with Gasteiger partial charge in [0.2, 0.25) is 5.91 Å². The first-order valence-electron chi connectivity index (χ1n) is 11.3. The Labute approximate surface area is 190 Å². The normalized spacial score (nSPS) is 18.2. The van der Waals surface area contributed by atoms with Crippen LogP contribution in [0.5, 0.6) is 0 Å². The number of benzene rings is 1. The molecule has 0 saturated carbocycles. The zero-order chi connectivity index (χ0) is 23.2. The van der Waals surface area contributed by atoms with E-state index >= 15 is 0 Å². The number of nitrogens with one attached hydrogen (secondary N) is 2. The molecule has 4 heterocycles. The van der Waals surface area contributed by atoms with E-state index in [0.29, 0.717) is 60.3 Å². The van der Waals surface area contributed by atoms with Crippen molar-refractivity contribution in [2.45, 2.75) is 38.3 Å². The highest BCUT2D eigenvalue weighted by Crippen LogP contribution is 2.36. The average molecular weight is 447 g/mol. The molecule has 2 aliphatic rings. The fraction of sp³-hybridized carbons (Fsp3) is 0.375. The Morgan fingerprint density at radius 2 is 1.85 bits per heavy atom. The van der Waals surface area contributed by atoms with Crippen molar-refractivity contribution in [3.05, 3.63) is 64.2 Å². The van der Waals surface area contributed by atoms with E-state index in [9.17, 15) is 14.4 Å². The largest absolute Gasteiger partial charge is 0.342 e. The second kappa shape index (κ2) is 7.99. The number of nitrogens with zero attached hydrogens (tertiary/aromatic N) is 4. The van der Waals surface area contributed by atoms with E-state index in [-0.39, 0.29) is 17.4 Å². The number of hydrogen-bond acceptors (Lipinski definition) is 6. The Morgan fingerprint density at radius 3 is 2.58 bits per heavy atom. The Bertz CT molecular complexity index is 1290. The predicted molar refractivity (Wildman–Crippen MR) is 124 cm³/mol. The number of piperidine rings is 1. The number of fused-ring (bicyclic) bond motifs is 2. The van der Waals surface area contributed by atoms with Crippen molar-refractivity contribution in [2.75, 3.05) is 24.5 Å². The molecule has 2 aromatic heterocycles. The van der Waals surface area contributed by atoms with Crippen LogP contribution in [-0.4, -0.2) is 57.2 Å². The highest BCUT2D eigenvalue weighted by Gasteiger charge is 2.46. The molecule has 1 atom stereocenters. The summed E-state index contributed by atoms with van der Waals surface area (Å²) in [6.07, 6.45) is 2.90. The Hall–Kier alpha value is -3.75. The van der Waals surface area contributed by atoms with E-state index in [1.54, 1.807) is 30.5 Å². The van der Waals surface area contributed by atoms with Gasteiger partial charge in [0.15, 0.2) is 0 Å². The van der Waals surface area contributed by atoms with Crippen LogP contribution in [0.1, 0.15) is 48.7 Å². The standard InChI is InChI=1S/C24H26N6O3/c1-3-30-20-18(9-6-12-25-20)21(31)26-24(30)10-13-29(14-11-24)23(33)15(2)19-16-7-4-5-8-17(16)22(32)28-27-19/h4-9,12,15H,3,10-11,13-14H2,1-2H3,(H,26,31)(H,28,32)/t15-/m0/s1. The summed E-state index contributed by atoms with van der Waals surface area (Å²) in [6, 6.07) is 10.7. The molecule has 1 fully saturated rings. The van der Waals surface area contributed by atoms with Crippen molar-refractivity contribution in [2.24, 2.45) is 0 Å². The molecule has 9 heteroatoms. The molecule has 3 aromatic rings.